The summed E-state index contributed by atoms with van der Waals surface area (Å²) in [4.78, 5) is 0. The lowest BCUT2D eigenvalue weighted by atomic mass is 9.89. The van der Waals surface area contributed by atoms with Gasteiger partial charge in [-0.3, -0.25) is 0 Å². The molecule has 0 heterocycles. The summed E-state index contributed by atoms with van der Waals surface area (Å²) >= 11 is 0. The Bertz CT molecular complexity index is 307. The van der Waals surface area contributed by atoms with Crippen LogP contribution in [0.2, 0.25) is 18.1 Å². The van der Waals surface area contributed by atoms with Gasteiger partial charge in [0.25, 0.3) is 0 Å². The van der Waals surface area contributed by atoms with Crippen LogP contribution in [0.4, 0.5) is 0 Å². The van der Waals surface area contributed by atoms with E-state index in [1.54, 1.807) is 6.08 Å². The number of aliphatic hydroxyl groups excluding tert-OH is 2. The van der Waals surface area contributed by atoms with Crippen molar-refractivity contribution in [3.05, 3.63) is 12.2 Å². The molecule has 0 fully saturated rings. The zero-order valence-electron chi connectivity index (χ0n) is 14.5. The van der Waals surface area contributed by atoms with Gasteiger partial charge in [-0.25, -0.2) is 0 Å². The molecule has 0 spiro atoms. The molecule has 0 aliphatic rings. The van der Waals surface area contributed by atoms with E-state index < -0.39 is 14.4 Å². The predicted octanol–water partition coefficient (Wildman–Crippen LogP) is 3.58. The summed E-state index contributed by atoms with van der Waals surface area (Å²) < 4.78 is 6.47. The molecule has 2 N–H and O–H groups in total. The summed E-state index contributed by atoms with van der Waals surface area (Å²) in [6, 6.07) is 0. The highest BCUT2D eigenvalue weighted by atomic mass is 28.4. The van der Waals surface area contributed by atoms with Gasteiger partial charge in [-0.1, -0.05) is 46.8 Å². The predicted molar refractivity (Wildman–Crippen MR) is 88.3 cm³/mol. The van der Waals surface area contributed by atoms with Gasteiger partial charge in [0.05, 0.1) is 12.2 Å². The third-order valence-electron chi connectivity index (χ3n) is 4.53. The molecule has 4 heteroatoms. The lowest BCUT2D eigenvalue weighted by molar-refractivity contribution is 0.00378. The topological polar surface area (TPSA) is 49.7 Å². The molecule has 0 bridgehead atoms. The van der Waals surface area contributed by atoms with Crippen molar-refractivity contribution in [2.24, 2.45) is 11.8 Å². The third kappa shape index (κ3) is 5.32. The molecule has 0 amide bonds. The van der Waals surface area contributed by atoms with Crippen LogP contribution in [0.25, 0.3) is 0 Å². The molecule has 120 valence electrons. The molecule has 0 saturated heterocycles. The molecular formula is C16H34O3Si. The van der Waals surface area contributed by atoms with Crippen molar-refractivity contribution in [3.8, 4) is 0 Å². The lowest BCUT2D eigenvalue weighted by Gasteiger charge is -2.43. The SMILES string of the molecule is C/C=C/[C@@H](O)C(C)C(O[Si](C)(C)C(C)(C)C)C(C)CO. The highest BCUT2D eigenvalue weighted by Gasteiger charge is 2.42. The Morgan fingerprint density at radius 3 is 2.05 bits per heavy atom. The number of hydrogen-bond acceptors (Lipinski definition) is 3. The number of allylic oxidation sites excluding steroid dienone is 1. The monoisotopic (exact) mass is 302 g/mol. The second-order valence-corrected chi connectivity index (χ2v) is 12.1. The van der Waals surface area contributed by atoms with Crippen molar-refractivity contribution in [2.45, 2.75) is 71.9 Å². The van der Waals surface area contributed by atoms with Crippen LogP contribution in [0.5, 0.6) is 0 Å². The van der Waals surface area contributed by atoms with Crippen molar-refractivity contribution in [1.82, 2.24) is 0 Å². The Balaban J connectivity index is 5.18. The van der Waals surface area contributed by atoms with Crippen LogP contribution < -0.4 is 0 Å². The van der Waals surface area contributed by atoms with E-state index in [2.05, 4.69) is 33.9 Å². The van der Waals surface area contributed by atoms with Gasteiger partial charge in [-0.2, -0.15) is 0 Å². The molecule has 0 aromatic rings. The van der Waals surface area contributed by atoms with Gasteiger partial charge in [-0.15, -0.1) is 0 Å². The second-order valence-electron chi connectivity index (χ2n) is 7.38. The molecule has 3 nitrogen and oxygen atoms in total. The average molecular weight is 303 g/mol. The van der Waals surface area contributed by atoms with Crippen LogP contribution in [-0.2, 0) is 4.43 Å². The molecular weight excluding hydrogens is 268 g/mol. The summed E-state index contributed by atoms with van der Waals surface area (Å²) in [6.45, 7) is 17.0. The molecule has 0 aromatic carbocycles. The quantitative estimate of drug-likeness (QED) is 0.558. The Morgan fingerprint density at radius 1 is 1.20 bits per heavy atom. The summed E-state index contributed by atoms with van der Waals surface area (Å²) in [5.74, 6) is -0.0264. The maximum Gasteiger partial charge on any atom is 0.192 e. The number of hydrogen-bond donors (Lipinski definition) is 2. The van der Waals surface area contributed by atoms with Crippen LogP contribution in [-0.4, -0.2) is 37.3 Å². The van der Waals surface area contributed by atoms with Crippen molar-refractivity contribution in [3.63, 3.8) is 0 Å². The molecule has 0 aliphatic carbocycles. The zero-order valence-corrected chi connectivity index (χ0v) is 15.5. The zero-order chi connectivity index (χ0) is 16.1. The van der Waals surface area contributed by atoms with E-state index in [-0.39, 0.29) is 29.6 Å². The van der Waals surface area contributed by atoms with Gasteiger partial charge < -0.3 is 14.6 Å². The smallest absolute Gasteiger partial charge is 0.192 e. The fraction of sp³-hybridized carbons (Fsp3) is 0.875. The van der Waals surface area contributed by atoms with Crippen molar-refractivity contribution in [1.29, 1.82) is 0 Å². The van der Waals surface area contributed by atoms with E-state index in [4.69, 9.17) is 4.43 Å². The van der Waals surface area contributed by atoms with Crippen molar-refractivity contribution in [2.75, 3.05) is 6.61 Å². The second kappa shape index (κ2) is 7.73. The van der Waals surface area contributed by atoms with E-state index in [1.165, 1.54) is 0 Å². The van der Waals surface area contributed by atoms with E-state index in [0.29, 0.717) is 0 Å². The van der Waals surface area contributed by atoms with Crippen LogP contribution >= 0.6 is 0 Å². The van der Waals surface area contributed by atoms with Crippen LogP contribution in [0.15, 0.2) is 12.2 Å². The van der Waals surface area contributed by atoms with E-state index in [0.717, 1.165) is 0 Å². The summed E-state index contributed by atoms with van der Waals surface area (Å²) in [6.07, 6.45) is 2.97. The maximum atomic E-state index is 10.2. The minimum Gasteiger partial charge on any atom is -0.413 e. The summed E-state index contributed by atoms with van der Waals surface area (Å²) in [5, 5.41) is 19.8. The first-order chi connectivity index (χ1) is 8.97. The minimum absolute atomic E-state index is 0.0130. The largest absolute Gasteiger partial charge is 0.413 e. The fourth-order valence-electron chi connectivity index (χ4n) is 1.93. The highest BCUT2D eigenvalue weighted by Crippen LogP contribution is 2.39. The van der Waals surface area contributed by atoms with Gasteiger partial charge in [0.1, 0.15) is 0 Å². The number of aliphatic hydroxyl groups is 2. The van der Waals surface area contributed by atoms with Gasteiger partial charge in [-0.05, 0) is 25.1 Å². The van der Waals surface area contributed by atoms with Crippen LogP contribution in [0, 0.1) is 11.8 Å². The standard InChI is InChI=1S/C16H34O3Si/c1-9-10-14(18)13(3)15(12(2)11-17)19-20(7,8)16(4,5)6/h9-10,12-15,17-18H,11H2,1-8H3/b10-9+/t12?,13?,14-,15?/m1/s1. The average Bonchev–Trinajstić information content (AvgIpc) is 2.33. The Morgan fingerprint density at radius 2 is 1.70 bits per heavy atom. The molecule has 0 rings (SSSR count). The Kier molecular flexibility index (Phi) is 7.67. The first kappa shape index (κ1) is 19.8. The first-order valence-electron chi connectivity index (χ1n) is 7.57. The normalized spacial score (nSPS) is 19.9. The van der Waals surface area contributed by atoms with Crippen LogP contribution in [0.1, 0.15) is 41.5 Å². The molecule has 20 heavy (non-hydrogen) atoms. The van der Waals surface area contributed by atoms with E-state index >= 15 is 0 Å². The van der Waals surface area contributed by atoms with E-state index in [1.807, 2.05) is 26.8 Å². The van der Waals surface area contributed by atoms with Crippen molar-refractivity contribution < 1.29 is 14.6 Å². The third-order valence-corrected chi connectivity index (χ3v) is 9.01. The van der Waals surface area contributed by atoms with Crippen LogP contribution in [0.3, 0.4) is 0 Å². The molecule has 4 atom stereocenters. The van der Waals surface area contributed by atoms with Gasteiger partial charge in [0.2, 0.25) is 0 Å². The molecule has 0 saturated carbocycles. The van der Waals surface area contributed by atoms with Gasteiger partial charge in [0.15, 0.2) is 8.32 Å². The number of rotatable bonds is 7. The Hall–Kier alpha value is -0.163. The lowest BCUT2D eigenvalue weighted by Crippen LogP contribution is -2.49. The minimum atomic E-state index is -1.92. The van der Waals surface area contributed by atoms with E-state index in [9.17, 15) is 10.2 Å². The van der Waals surface area contributed by atoms with Crippen molar-refractivity contribution >= 4 is 8.32 Å². The fourth-order valence-corrected chi connectivity index (χ4v) is 3.41. The highest BCUT2D eigenvalue weighted by molar-refractivity contribution is 6.74. The maximum absolute atomic E-state index is 10.2. The molecule has 0 aliphatic heterocycles. The molecule has 3 unspecified atom stereocenters. The van der Waals surface area contributed by atoms with Gasteiger partial charge in [0, 0.05) is 18.4 Å². The molecule has 0 aromatic heterocycles. The first-order valence-corrected chi connectivity index (χ1v) is 10.5. The summed E-state index contributed by atoms with van der Waals surface area (Å²) in [7, 11) is -1.92. The molecule has 0 radical (unpaired) electrons. The Labute approximate surface area is 126 Å². The summed E-state index contributed by atoms with van der Waals surface area (Å²) in [5.41, 5.74) is 0. The van der Waals surface area contributed by atoms with Gasteiger partial charge >= 0.3 is 0 Å².